The van der Waals surface area contributed by atoms with Crippen LogP contribution >= 0.6 is 11.6 Å². The predicted molar refractivity (Wildman–Crippen MR) is 164 cm³/mol. The SMILES string of the molecule is CC1(COc2c(N3CCN(S(=O)(=O)Cc4cccc(N5CCOCC5)c4)CC3)cnn(-c3cccc(Cl)c3)c2=O)CC1. The van der Waals surface area contributed by atoms with E-state index in [-0.39, 0.29) is 22.5 Å². The van der Waals surface area contributed by atoms with Gasteiger partial charge in [-0.3, -0.25) is 4.79 Å². The van der Waals surface area contributed by atoms with Crippen LogP contribution in [0.4, 0.5) is 11.4 Å². The van der Waals surface area contributed by atoms with Crippen LogP contribution in [0.3, 0.4) is 0 Å². The summed E-state index contributed by atoms with van der Waals surface area (Å²) < 4.78 is 41.3. The third-order valence-electron chi connectivity index (χ3n) is 8.24. The molecular formula is C30H36ClN5O5S. The molecule has 0 N–H and O–H groups in total. The fourth-order valence-corrected chi connectivity index (χ4v) is 7.05. The minimum Gasteiger partial charge on any atom is -0.486 e. The maximum absolute atomic E-state index is 13.6. The quantitative estimate of drug-likeness (QED) is 0.362. The highest BCUT2D eigenvalue weighted by atomic mass is 35.5. The second-order valence-electron chi connectivity index (χ2n) is 11.6. The Morgan fingerprint density at radius 1 is 0.952 bits per heavy atom. The van der Waals surface area contributed by atoms with Crippen molar-refractivity contribution in [3.05, 3.63) is 75.7 Å². The number of hydrogen-bond acceptors (Lipinski definition) is 8. The van der Waals surface area contributed by atoms with E-state index in [1.54, 1.807) is 30.5 Å². The summed E-state index contributed by atoms with van der Waals surface area (Å²) in [6, 6.07) is 14.7. The van der Waals surface area contributed by atoms with Crippen LogP contribution in [0.15, 0.2) is 59.5 Å². The van der Waals surface area contributed by atoms with Crippen LogP contribution in [0.5, 0.6) is 5.75 Å². The molecule has 0 bridgehead atoms. The van der Waals surface area contributed by atoms with Gasteiger partial charge in [-0.15, -0.1) is 0 Å². The Bertz CT molecular complexity index is 1600. The molecule has 0 unspecified atom stereocenters. The number of piperazine rings is 1. The van der Waals surface area contributed by atoms with E-state index in [0.717, 1.165) is 37.2 Å². The molecule has 0 spiro atoms. The Balaban J connectivity index is 1.17. The molecule has 42 heavy (non-hydrogen) atoms. The summed E-state index contributed by atoms with van der Waals surface area (Å²) in [6.45, 7) is 6.96. The van der Waals surface area contributed by atoms with Crippen molar-refractivity contribution in [2.24, 2.45) is 5.41 Å². The predicted octanol–water partition coefficient (Wildman–Crippen LogP) is 3.55. The summed E-state index contributed by atoms with van der Waals surface area (Å²) >= 11 is 6.17. The molecule has 10 nitrogen and oxygen atoms in total. The lowest BCUT2D eigenvalue weighted by molar-refractivity contribution is 0.122. The van der Waals surface area contributed by atoms with Gasteiger partial charge in [0.15, 0.2) is 0 Å². The van der Waals surface area contributed by atoms with Gasteiger partial charge in [-0.05, 0) is 48.7 Å². The zero-order chi connectivity index (χ0) is 29.3. The molecule has 0 atom stereocenters. The molecule has 1 saturated carbocycles. The van der Waals surface area contributed by atoms with Crippen LogP contribution in [0.2, 0.25) is 5.02 Å². The number of benzene rings is 2. The number of halogens is 1. The Hall–Kier alpha value is -3.12. The third-order valence-corrected chi connectivity index (χ3v) is 10.3. The van der Waals surface area contributed by atoms with Crippen LogP contribution < -0.4 is 20.1 Å². The lowest BCUT2D eigenvalue weighted by Crippen LogP contribution is -2.49. The van der Waals surface area contributed by atoms with Gasteiger partial charge >= 0.3 is 5.56 Å². The lowest BCUT2D eigenvalue weighted by atomic mass is 10.2. The first kappa shape index (κ1) is 29.0. The maximum Gasteiger partial charge on any atom is 0.316 e. The number of ether oxygens (including phenoxy) is 2. The maximum atomic E-state index is 13.6. The van der Waals surface area contributed by atoms with Crippen molar-refractivity contribution in [3.63, 3.8) is 0 Å². The van der Waals surface area contributed by atoms with Gasteiger partial charge < -0.3 is 19.3 Å². The van der Waals surface area contributed by atoms with Gasteiger partial charge in [-0.25, -0.2) is 8.42 Å². The number of sulfonamides is 1. The van der Waals surface area contributed by atoms with Crippen molar-refractivity contribution in [3.8, 4) is 11.4 Å². The highest BCUT2D eigenvalue weighted by molar-refractivity contribution is 7.88. The highest BCUT2D eigenvalue weighted by Gasteiger charge is 2.39. The average molecular weight is 614 g/mol. The van der Waals surface area contributed by atoms with Crippen LogP contribution in [0.25, 0.3) is 5.69 Å². The van der Waals surface area contributed by atoms with Crippen molar-refractivity contribution in [2.45, 2.75) is 25.5 Å². The Morgan fingerprint density at radius 3 is 2.38 bits per heavy atom. The van der Waals surface area contributed by atoms with E-state index in [0.29, 0.717) is 62.4 Å². The lowest BCUT2D eigenvalue weighted by Gasteiger charge is -2.36. The zero-order valence-corrected chi connectivity index (χ0v) is 25.3. The van der Waals surface area contributed by atoms with E-state index < -0.39 is 10.0 Å². The number of aromatic nitrogens is 2. The summed E-state index contributed by atoms with van der Waals surface area (Å²) in [5.41, 5.74) is 2.62. The van der Waals surface area contributed by atoms with Crippen LogP contribution in [-0.4, -0.2) is 81.6 Å². The van der Waals surface area contributed by atoms with E-state index in [1.807, 2.05) is 29.2 Å². The van der Waals surface area contributed by atoms with Gasteiger partial charge in [0.05, 0.1) is 37.5 Å². The summed E-state index contributed by atoms with van der Waals surface area (Å²) in [5, 5.41) is 4.94. The van der Waals surface area contributed by atoms with Crippen LogP contribution in [0.1, 0.15) is 25.3 Å². The first-order chi connectivity index (χ1) is 20.2. The minimum atomic E-state index is -3.54. The van der Waals surface area contributed by atoms with Gasteiger partial charge in [0.1, 0.15) is 5.69 Å². The van der Waals surface area contributed by atoms with Crippen LogP contribution in [-0.2, 0) is 20.5 Å². The van der Waals surface area contributed by atoms with Gasteiger partial charge in [0, 0.05) is 55.4 Å². The molecule has 1 aromatic heterocycles. The molecule has 1 aliphatic carbocycles. The summed E-state index contributed by atoms with van der Waals surface area (Å²) in [6.07, 6.45) is 3.75. The highest BCUT2D eigenvalue weighted by Crippen LogP contribution is 2.45. The second-order valence-corrected chi connectivity index (χ2v) is 14.0. The summed E-state index contributed by atoms with van der Waals surface area (Å²) in [5.74, 6) is 0.171. The monoisotopic (exact) mass is 613 g/mol. The number of rotatable bonds is 9. The largest absolute Gasteiger partial charge is 0.486 e. The number of hydrogen-bond donors (Lipinski definition) is 0. The first-order valence-electron chi connectivity index (χ1n) is 14.4. The molecule has 0 radical (unpaired) electrons. The molecule has 2 saturated heterocycles. The van der Waals surface area contributed by atoms with E-state index >= 15 is 0 Å². The van der Waals surface area contributed by atoms with Crippen LogP contribution in [0, 0.1) is 5.41 Å². The Labute approximate surface area is 251 Å². The molecule has 2 aliphatic heterocycles. The molecule has 3 aromatic rings. The van der Waals surface area contributed by atoms with Gasteiger partial charge in [-0.1, -0.05) is 36.7 Å². The van der Waals surface area contributed by atoms with E-state index in [9.17, 15) is 13.2 Å². The smallest absolute Gasteiger partial charge is 0.316 e. The Kier molecular flexibility index (Phi) is 8.19. The molecule has 12 heteroatoms. The topological polar surface area (TPSA) is 97.2 Å². The number of morpholine rings is 1. The average Bonchev–Trinajstić information content (AvgIpc) is 3.74. The molecule has 3 fully saturated rings. The minimum absolute atomic E-state index is 0.0602. The molecule has 224 valence electrons. The molecule has 6 rings (SSSR count). The van der Waals surface area contributed by atoms with Gasteiger partial charge in [0.2, 0.25) is 15.8 Å². The molecule has 3 aliphatic rings. The van der Waals surface area contributed by atoms with E-state index in [4.69, 9.17) is 21.1 Å². The fourth-order valence-electron chi connectivity index (χ4n) is 5.36. The standard InChI is InChI=1S/C30H36ClN5O5S/c1-30(8-9-30)22-41-28-27(20-32-36(29(28)37)26-7-3-5-24(31)19-26)34-10-12-35(13-11-34)42(38,39)21-23-4-2-6-25(18-23)33-14-16-40-17-15-33/h2-7,18-20H,8-17,21-22H2,1H3. The van der Waals surface area contributed by atoms with E-state index in [1.165, 1.54) is 8.99 Å². The van der Waals surface area contributed by atoms with Crippen molar-refractivity contribution < 1.29 is 17.9 Å². The number of anilines is 2. The Morgan fingerprint density at radius 2 is 1.67 bits per heavy atom. The number of nitrogens with zero attached hydrogens (tertiary/aromatic N) is 5. The first-order valence-corrected chi connectivity index (χ1v) is 16.4. The normalized spacial score (nSPS) is 19.1. The third kappa shape index (κ3) is 6.44. The molecule has 0 amide bonds. The molecule has 3 heterocycles. The summed E-state index contributed by atoms with van der Waals surface area (Å²) in [7, 11) is -3.54. The molecular weight excluding hydrogens is 578 g/mol. The van der Waals surface area contributed by atoms with Crippen molar-refractivity contribution in [2.75, 3.05) is 68.9 Å². The van der Waals surface area contributed by atoms with Crippen molar-refractivity contribution >= 4 is 33.0 Å². The van der Waals surface area contributed by atoms with E-state index in [2.05, 4.69) is 16.9 Å². The van der Waals surface area contributed by atoms with Gasteiger partial charge in [0.25, 0.3) is 0 Å². The molecule has 2 aromatic carbocycles. The van der Waals surface area contributed by atoms with Gasteiger partial charge in [-0.2, -0.15) is 14.1 Å². The second kappa shape index (κ2) is 11.9. The van der Waals surface area contributed by atoms with Crippen molar-refractivity contribution in [1.29, 1.82) is 0 Å². The summed E-state index contributed by atoms with van der Waals surface area (Å²) in [4.78, 5) is 17.8. The zero-order valence-electron chi connectivity index (χ0n) is 23.7. The fraction of sp³-hybridized carbons (Fsp3) is 0.467. The van der Waals surface area contributed by atoms with Crippen molar-refractivity contribution in [1.82, 2.24) is 14.1 Å².